The number of alkyl halides is 3. The molecule has 3 atom stereocenters. The minimum absolute atomic E-state index is 0.137. The number of rotatable bonds is 9. The van der Waals surface area contributed by atoms with Gasteiger partial charge in [-0.3, -0.25) is 9.59 Å². The Morgan fingerprint density at radius 2 is 1.63 bits per heavy atom. The average molecular weight is 554 g/mol. The van der Waals surface area contributed by atoms with Gasteiger partial charge in [0.1, 0.15) is 6.42 Å². The van der Waals surface area contributed by atoms with Gasteiger partial charge in [-0.05, 0) is 82.5 Å². The quantitative estimate of drug-likeness (QED) is 0.446. The van der Waals surface area contributed by atoms with E-state index in [1.165, 1.54) is 0 Å². The molecule has 3 unspecified atom stereocenters. The molecule has 0 spiro atoms. The first kappa shape index (κ1) is 29.6. The van der Waals surface area contributed by atoms with Crippen LogP contribution in [0.5, 0.6) is 0 Å². The average Bonchev–Trinajstić information content (AvgIpc) is 2.84. The van der Waals surface area contributed by atoms with E-state index in [1.54, 1.807) is 30.3 Å². The van der Waals surface area contributed by atoms with Crippen LogP contribution in [0, 0.1) is 5.92 Å². The van der Waals surface area contributed by atoms with Gasteiger partial charge in [-0.25, -0.2) is 8.42 Å². The van der Waals surface area contributed by atoms with E-state index in [0.717, 1.165) is 30.7 Å². The number of nitrogens with one attached hydrogen (secondary N) is 2. The highest BCUT2D eigenvalue weighted by Gasteiger charge is 2.37. The highest BCUT2D eigenvalue weighted by molar-refractivity contribution is 7.91. The van der Waals surface area contributed by atoms with Crippen molar-refractivity contribution in [2.75, 3.05) is 18.1 Å². The van der Waals surface area contributed by atoms with Gasteiger partial charge < -0.3 is 15.5 Å². The molecular formula is C27H34F3N3O4S. The molecule has 0 bridgehead atoms. The van der Waals surface area contributed by atoms with Crippen molar-refractivity contribution in [3.63, 3.8) is 0 Å². The van der Waals surface area contributed by atoms with Gasteiger partial charge in [0.2, 0.25) is 11.8 Å². The lowest BCUT2D eigenvalue weighted by Crippen LogP contribution is -2.51. The Morgan fingerprint density at radius 3 is 2.21 bits per heavy atom. The van der Waals surface area contributed by atoms with E-state index in [0.29, 0.717) is 12.8 Å². The lowest BCUT2D eigenvalue weighted by atomic mass is 9.81. The maximum absolute atomic E-state index is 13.1. The third-order valence-corrected chi connectivity index (χ3v) is 8.90. The zero-order chi connectivity index (χ0) is 28.1. The van der Waals surface area contributed by atoms with E-state index < -0.39 is 45.9 Å². The van der Waals surface area contributed by atoms with Crippen LogP contribution < -0.4 is 10.6 Å². The molecule has 0 heterocycles. The third-order valence-electron chi connectivity index (χ3n) is 7.04. The van der Waals surface area contributed by atoms with Crippen LogP contribution in [0.15, 0.2) is 59.5 Å². The first-order valence-electron chi connectivity index (χ1n) is 12.5. The molecule has 2 aromatic carbocycles. The second-order valence-electron chi connectivity index (χ2n) is 10.1. The Bertz CT molecular complexity index is 1200. The van der Waals surface area contributed by atoms with E-state index in [4.69, 9.17) is 0 Å². The molecule has 1 aliphatic carbocycles. The SMILES string of the molecule is CC(C)N(C)C1CCC(NC(=O)CC(=O)Nc2ccc(C(F)(F)F)cc2)C(CS(=O)(=O)c2ccccc2)C1. The Kier molecular flexibility index (Phi) is 9.59. The van der Waals surface area contributed by atoms with Gasteiger partial charge >= 0.3 is 6.18 Å². The molecule has 1 saturated carbocycles. The minimum atomic E-state index is -4.49. The maximum Gasteiger partial charge on any atom is 0.416 e. The monoisotopic (exact) mass is 553 g/mol. The highest BCUT2D eigenvalue weighted by Crippen LogP contribution is 2.32. The zero-order valence-corrected chi connectivity index (χ0v) is 22.5. The molecule has 0 radical (unpaired) electrons. The van der Waals surface area contributed by atoms with Crippen molar-refractivity contribution in [1.82, 2.24) is 10.2 Å². The van der Waals surface area contributed by atoms with Crippen LogP contribution >= 0.6 is 0 Å². The van der Waals surface area contributed by atoms with Crippen molar-refractivity contribution in [2.24, 2.45) is 5.92 Å². The smallest absolute Gasteiger partial charge is 0.353 e. The molecule has 0 aliphatic heterocycles. The van der Waals surface area contributed by atoms with Crippen molar-refractivity contribution in [3.05, 3.63) is 60.2 Å². The summed E-state index contributed by atoms with van der Waals surface area (Å²) in [6, 6.07) is 12.1. The number of nitrogens with zero attached hydrogens (tertiary/aromatic N) is 1. The summed E-state index contributed by atoms with van der Waals surface area (Å²) < 4.78 is 64.5. The number of amides is 2. The Labute approximate surface area is 221 Å². The summed E-state index contributed by atoms with van der Waals surface area (Å²) in [7, 11) is -1.60. The van der Waals surface area contributed by atoms with Crippen LogP contribution in [0.2, 0.25) is 0 Å². The van der Waals surface area contributed by atoms with Gasteiger partial charge in [-0.15, -0.1) is 0 Å². The van der Waals surface area contributed by atoms with Crippen molar-refractivity contribution < 1.29 is 31.2 Å². The fourth-order valence-electron chi connectivity index (χ4n) is 4.76. The lowest BCUT2D eigenvalue weighted by molar-refractivity contribution is -0.137. The molecule has 7 nitrogen and oxygen atoms in total. The molecule has 1 fully saturated rings. The molecule has 2 amide bonds. The van der Waals surface area contributed by atoms with Gasteiger partial charge in [-0.1, -0.05) is 18.2 Å². The molecule has 2 aromatic rings. The molecule has 208 valence electrons. The van der Waals surface area contributed by atoms with Gasteiger partial charge in [-0.2, -0.15) is 13.2 Å². The first-order valence-corrected chi connectivity index (χ1v) is 14.2. The summed E-state index contributed by atoms with van der Waals surface area (Å²) in [4.78, 5) is 27.5. The van der Waals surface area contributed by atoms with Crippen LogP contribution in [-0.2, 0) is 25.6 Å². The van der Waals surface area contributed by atoms with E-state index in [9.17, 15) is 31.2 Å². The van der Waals surface area contributed by atoms with Crippen LogP contribution in [-0.4, -0.2) is 56.1 Å². The van der Waals surface area contributed by atoms with Gasteiger partial charge in [0.15, 0.2) is 9.84 Å². The molecule has 3 rings (SSSR count). The summed E-state index contributed by atoms with van der Waals surface area (Å²) in [6.07, 6.45) is -3.13. The summed E-state index contributed by atoms with van der Waals surface area (Å²) in [5, 5.41) is 5.27. The normalized spacial score (nSPS) is 20.4. The fraction of sp³-hybridized carbons (Fsp3) is 0.481. The predicted octanol–water partition coefficient (Wildman–Crippen LogP) is 4.50. The fourth-order valence-corrected chi connectivity index (χ4v) is 6.46. The van der Waals surface area contributed by atoms with E-state index in [-0.39, 0.29) is 34.3 Å². The first-order chi connectivity index (χ1) is 17.8. The summed E-state index contributed by atoms with van der Waals surface area (Å²) in [5.41, 5.74) is -0.705. The predicted molar refractivity (Wildman–Crippen MR) is 139 cm³/mol. The van der Waals surface area contributed by atoms with E-state index in [1.807, 2.05) is 7.05 Å². The maximum atomic E-state index is 13.1. The number of sulfone groups is 1. The third kappa shape index (κ3) is 8.04. The number of anilines is 1. The van der Waals surface area contributed by atoms with Gasteiger partial charge in [0.05, 0.1) is 16.2 Å². The number of hydrogen-bond donors (Lipinski definition) is 2. The van der Waals surface area contributed by atoms with Crippen LogP contribution in [0.3, 0.4) is 0 Å². The summed E-state index contributed by atoms with van der Waals surface area (Å²) in [5.74, 6) is -1.74. The molecule has 38 heavy (non-hydrogen) atoms. The number of carbonyl (C=O) groups is 2. The van der Waals surface area contributed by atoms with Crippen molar-refractivity contribution in [2.45, 2.75) is 68.7 Å². The Morgan fingerprint density at radius 1 is 1.00 bits per heavy atom. The van der Waals surface area contributed by atoms with Gasteiger partial charge in [0, 0.05) is 23.8 Å². The number of halogens is 3. The number of carbonyl (C=O) groups excluding carboxylic acids is 2. The van der Waals surface area contributed by atoms with E-state index >= 15 is 0 Å². The Balaban J connectivity index is 1.66. The molecule has 0 aromatic heterocycles. The number of hydrogen-bond acceptors (Lipinski definition) is 5. The molecule has 0 saturated heterocycles. The van der Waals surface area contributed by atoms with Crippen LogP contribution in [0.25, 0.3) is 0 Å². The Hall–Kier alpha value is -2.92. The molecule has 11 heteroatoms. The number of benzene rings is 2. The molecule has 1 aliphatic rings. The van der Waals surface area contributed by atoms with E-state index in [2.05, 4.69) is 29.4 Å². The van der Waals surface area contributed by atoms with Crippen molar-refractivity contribution >= 4 is 27.3 Å². The zero-order valence-electron chi connectivity index (χ0n) is 21.7. The van der Waals surface area contributed by atoms with Gasteiger partial charge in [0.25, 0.3) is 0 Å². The summed E-state index contributed by atoms with van der Waals surface area (Å²) in [6.45, 7) is 4.14. The van der Waals surface area contributed by atoms with Crippen molar-refractivity contribution in [3.8, 4) is 0 Å². The summed E-state index contributed by atoms with van der Waals surface area (Å²) >= 11 is 0. The largest absolute Gasteiger partial charge is 0.416 e. The van der Waals surface area contributed by atoms with Crippen LogP contribution in [0.1, 0.15) is 45.1 Å². The molecule has 2 N–H and O–H groups in total. The second kappa shape index (κ2) is 12.3. The highest BCUT2D eigenvalue weighted by atomic mass is 32.2. The van der Waals surface area contributed by atoms with Crippen molar-refractivity contribution in [1.29, 1.82) is 0 Å². The topological polar surface area (TPSA) is 95.6 Å². The standard InChI is InChI=1S/C27H34F3N3O4S/c1-18(2)33(3)22-13-14-24(19(15-22)17-38(36,37)23-7-5-4-6-8-23)32-26(35)16-25(34)31-21-11-9-20(10-12-21)27(28,29)30/h4-12,18-19,22,24H,13-17H2,1-3H3,(H,31,34)(H,32,35). The molecular weight excluding hydrogens is 519 g/mol. The second-order valence-corrected chi connectivity index (χ2v) is 12.1. The van der Waals surface area contributed by atoms with Crippen LogP contribution in [0.4, 0.5) is 18.9 Å². The minimum Gasteiger partial charge on any atom is -0.353 e. The lowest BCUT2D eigenvalue weighted by Gasteiger charge is -2.41.